The average Bonchev–Trinajstić information content (AvgIpc) is 2.52. The molecule has 1 aromatic rings. The maximum atomic E-state index is 12.4. The summed E-state index contributed by atoms with van der Waals surface area (Å²) in [4.78, 5) is 32.9. The number of nitrogens with zero attached hydrogens (tertiary/aromatic N) is 2. The highest BCUT2D eigenvalue weighted by Crippen LogP contribution is 2.33. The van der Waals surface area contributed by atoms with E-state index in [1.165, 1.54) is 0 Å². The lowest BCUT2D eigenvalue weighted by Gasteiger charge is -2.23. The first kappa shape index (κ1) is 13.1. The molecule has 100 valence electrons. The zero-order valence-corrected chi connectivity index (χ0v) is 9.18. The van der Waals surface area contributed by atoms with Crippen molar-refractivity contribution < 1.29 is 27.5 Å². The number of rotatable bonds is 3. The maximum absolute atomic E-state index is 12.4. The number of fused-ring (bicyclic) bond motifs is 1. The smallest absolute Gasteiger partial charge is 0.448 e. The van der Waals surface area contributed by atoms with E-state index in [-0.39, 0.29) is 11.3 Å². The number of ketones is 1. The summed E-state index contributed by atoms with van der Waals surface area (Å²) in [5.41, 5.74) is -1.08. The standard InChI is InChI=1S/C9H5BF3N2O4/c11-10(12,13)4-14-7-2-1-5(15(18)19)3-6(7)8(16)9(14)17/h1-3H,4H2/q-1. The van der Waals surface area contributed by atoms with Gasteiger partial charge in [0.25, 0.3) is 17.4 Å². The van der Waals surface area contributed by atoms with Crippen molar-refractivity contribution in [3.63, 3.8) is 0 Å². The molecule has 1 heterocycles. The van der Waals surface area contributed by atoms with Gasteiger partial charge in [0.05, 0.1) is 16.2 Å². The summed E-state index contributed by atoms with van der Waals surface area (Å²) in [6.45, 7) is -5.30. The van der Waals surface area contributed by atoms with Gasteiger partial charge in [-0.05, 0) is 12.5 Å². The predicted octanol–water partition coefficient (Wildman–Crippen LogP) is 1.51. The summed E-state index contributed by atoms with van der Waals surface area (Å²) in [7, 11) is 0. The fourth-order valence-electron chi connectivity index (χ4n) is 1.79. The van der Waals surface area contributed by atoms with E-state index in [9.17, 15) is 32.7 Å². The van der Waals surface area contributed by atoms with E-state index in [1.54, 1.807) is 0 Å². The third-order valence-electron chi connectivity index (χ3n) is 2.56. The number of amides is 1. The van der Waals surface area contributed by atoms with E-state index >= 15 is 0 Å². The maximum Gasteiger partial charge on any atom is 0.497 e. The zero-order valence-electron chi connectivity index (χ0n) is 9.18. The molecule has 2 rings (SSSR count). The van der Waals surface area contributed by atoms with Crippen LogP contribution in [0.25, 0.3) is 0 Å². The van der Waals surface area contributed by atoms with Crippen LogP contribution >= 0.6 is 0 Å². The minimum Gasteiger partial charge on any atom is -0.448 e. The molecule has 1 aliphatic heterocycles. The summed E-state index contributed by atoms with van der Waals surface area (Å²) in [5.74, 6) is -2.49. The molecule has 10 heteroatoms. The molecule has 0 saturated carbocycles. The second kappa shape index (κ2) is 4.07. The van der Waals surface area contributed by atoms with Gasteiger partial charge in [-0.3, -0.25) is 19.7 Å². The summed E-state index contributed by atoms with van der Waals surface area (Å²) < 4.78 is 37.1. The van der Waals surface area contributed by atoms with Gasteiger partial charge in [0.2, 0.25) is 0 Å². The fraction of sp³-hybridized carbons (Fsp3) is 0.111. The van der Waals surface area contributed by atoms with Crippen molar-refractivity contribution in [2.75, 3.05) is 11.3 Å². The van der Waals surface area contributed by atoms with E-state index in [2.05, 4.69) is 0 Å². The summed E-state index contributed by atoms with van der Waals surface area (Å²) in [6, 6.07) is 2.72. The highest BCUT2D eigenvalue weighted by Gasteiger charge is 2.40. The predicted molar refractivity (Wildman–Crippen MR) is 58.9 cm³/mol. The Balaban J connectivity index is 2.47. The van der Waals surface area contributed by atoms with Gasteiger partial charge in [0, 0.05) is 12.1 Å². The first-order chi connectivity index (χ1) is 8.70. The van der Waals surface area contributed by atoms with Gasteiger partial charge in [-0.25, -0.2) is 0 Å². The van der Waals surface area contributed by atoms with Crippen LogP contribution in [-0.2, 0) is 4.79 Å². The molecule has 0 N–H and O–H groups in total. The summed E-state index contributed by atoms with van der Waals surface area (Å²) in [5, 5.41) is 10.5. The van der Waals surface area contributed by atoms with Crippen LogP contribution in [0, 0.1) is 10.1 Å². The fourth-order valence-corrected chi connectivity index (χ4v) is 1.79. The molecule has 1 aliphatic rings. The van der Waals surface area contributed by atoms with E-state index < -0.39 is 35.7 Å². The van der Waals surface area contributed by atoms with Crippen LogP contribution in [0.2, 0.25) is 0 Å². The van der Waals surface area contributed by atoms with Crippen molar-refractivity contribution in [3.05, 3.63) is 33.9 Å². The number of nitro groups is 1. The Morgan fingerprint density at radius 3 is 2.42 bits per heavy atom. The van der Waals surface area contributed by atoms with E-state index in [0.717, 1.165) is 18.2 Å². The molecule has 0 spiro atoms. The third kappa shape index (κ3) is 2.28. The number of halogens is 3. The lowest BCUT2D eigenvalue weighted by molar-refractivity contribution is -0.384. The number of hydrogen-bond acceptors (Lipinski definition) is 4. The van der Waals surface area contributed by atoms with E-state index in [1.807, 2.05) is 0 Å². The van der Waals surface area contributed by atoms with Gasteiger partial charge >= 0.3 is 6.98 Å². The molecule has 0 saturated heterocycles. The highest BCUT2D eigenvalue weighted by molar-refractivity contribution is 6.62. The van der Waals surface area contributed by atoms with E-state index in [0.29, 0.717) is 4.90 Å². The first-order valence-corrected chi connectivity index (χ1v) is 5.06. The monoisotopic (exact) mass is 273 g/mol. The van der Waals surface area contributed by atoms with Crippen molar-refractivity contribution >= 4 is 30.0 Å². The topological polar surface area (TPSA) is 80.5 Å². The van der Waals surface area contributed by atoms with Gasteiger partial charge in [-0.2, -0.15) is 0 Å². The van der Waals surface area contributed by atoms with Gasteiger partial charge in [0.1, 0.15) is 0 Å². The molecule has 0 atom stereocenters. The Labute approximate surface area is 104 Å². The second-order valence-electron chi connectivity index (χ2n) is 3.91. The molecular weight excluding hydrogens is 268 g/mol. The van der Waals surface area contributed by atoms with Crippen LogP contribution in [0.5, 0.6) is 0 Å². The molecule has 0 fully saturated rings. The number of carbonyl (C=O) groups excluding carboxylic acids is 2. The molecular formula is C9H5BF3N2O4-. The number of Topliss-reactive ketones (excluding diaryl/α,β-unsaturated/α-hetero) is 1. The Morgan fingerprint density at radius 2 is 1.89 bits per heavy atom. The molecule has 19 heavy (non-hydrogen) atoms. The number of anilines is 1. The van der Waals surface area contributed by atoms with Crippen molar-refractivity contribution in [2.45, 2.75) is 0 Å². The Kier molecular flexibility index (Phi) is 2.80. The molecule has 1 amide bonds. The van der Waals surface area contributed by atoms with Gasteiger partial charge in [0.15, 0.2) is 0 Å². The average molecular weight is 273 g/mol. The Hall–Kier alpha value is -2.39. The van der Waals surface area contributed by atoms with Crippen LogP contribution < -0.4 is 4.90 Å². The van der Waals surface area contributed by atoms with Crippen molar-refractivity contribution in [3.8, 4) is 0 Å². The normalized spacial score (nSPS) is 14.8. The highest BCUT2D eigenvalue weighted by atomic mass is 19.4. The van der Waals surface area contributed by atoms with Crippen LogP contribution in [0.3, 0.4) is 0 Å². The van der Waals surface area contributed by atoms with E-state index in [4.69, 9.17) is 0 Å². The second-order valence-corrected chi connectivity index (χ2v) is 3.91. The number of benzene rings is 1. The lowest BCUT2D eigenvalue weighted by atomic mass is 9.91. The number of hydrogen-bond donors (Lipinski definition) is 0. The van der Waals surface area contributed by atoms with Crippen molar-refractivity contribution in [1.82, 2.24) is 0 Å². The summed E-state index contributed by atoms with van der Waals surface area (Å²) >= 11 is 0. The molecule has 0 aromatic heterocycles. The van der Waals surface area contributed by atoms with Gasteiger partial charge < -0.3 is 17.8 Å². The SMILES string of the molecule is O=C1C(=O)N(C[B-](F)(F)F)c2ccc([N+](=O)[O-])cc21. The zero-order chi connectivity index (χ0) is 14.4. The molecule has 1 aromatic carbocycles. The number of non-ortho nitro benzene ring substituents is 1. The van der Waals surface area contributed by atoms with Crippen molar-refractivity contribution in [2.24, 2.45) is 0 Å². The quantitative estimate of drug-likeness (QED) is 0.362. The molecule has 0 unspecified atom stereocenters. The molecule has 0 aliphatic carbocycles. The minimum absolute atomic E-state index is 0.250. The molecule has 0 radical (unpaired) electrons. The number of nitro benzene ring substituents is 1. The van der Waals surface area contributed by atoms with Gasteiger partial charge in [-0.1, -0.05) is 0 Å². The van der Waals surface area contributed by atoms with Crippen LogP contribution in [0.4, 0.5) is 24.3 Å². The third-order valence-corrected chi connectivity index (χ3v) is 2.56. The van der Waals surface area contributed by atoms with Crippen LogP contribution in [0.15, 0.2) is 18.2 Å². The molecule has 6 nitrogen and oxygen atoms in total. The molecule has 0 bridgehead atoms. The van der Waals surface area contributed by atoms with Crippen LogP contribution in [0.1, 0.15) is 10.4 Å². The first-order valence-electron chi connectivity index (χ1n) is 5.06. The van der Waals surface area contributed by atoms with Crippen molar-refractivity contribution in [1.29, 1.82) is 0 Å². The largest absolute Gasteiger partial charge is 0.497 e. The minimum atomic E-state index is -5.30. The Morgan fingerprint density at radius 1 is 1.26 bits per heavy atom. The Bertz CT molecular complexity index is 602. The lowest BCUT2D eigenvalue weighted by Crippen LogP contribution is -2.41. The van der Waals surface area contributed by atoms with Gasteiger partial charge in [-0.15, -0.1) is 0 Å². The van der Waals surface area contributed by atoms with Crippen LogP contribution in [-0.4, -0.2) is 30.0 Å². The summed E-state index contributed by atoms with van der Waals surface area (Å²) in [6.07, 6.45) is -1.55. The number of carbonyl (C=O) groups is 2.